The number of nitrogens with one attached hydrogen (secondary N) is 1. The van der Waals surface area contributed by atoms with Gasteiger partial charge in [0.25, 0.3) is 0 Å². The molecule has 1 heterocycles. The molecule has 0 bridgehead atoms. The number of aromatic hydroxyl groups is 1. The van der Waals surface area contributed by atoms with E-state index in [4.69, 9.17) is 4.74 Å². The number of nitro groups is 1. The van der Waals surface area contributed by atoms with Crippen LogP contribution in [0, 0.1) is 16.0 Å². The normalized spacial score (nSPS) is 20.8. The summed E-state index contributed by atoms with van der Waals surface area (Å²) in [5.41, 5.74) is 4.50. The van der Waals surface area contributed by atoms with Gasteiger partial charge in [0, 0.05) is 29.4 Å². The third-order valence-corrected chi connectivity index (χ3v) is 6.38. The van der Waals surface area contributed by atoms with Crippen LogP contribution in [-0.2, 0) is 0 Å². The van der Waals surface area contributed by atoms with Crippen LogP contribution in [0.1, 0.15) is 35.1 Å². The first-order chi connectivity index (χ1) is 16.0. The van der Waals surface area contributed by atoms with Crippen molar-refractivity contribution >= 4 is 23.3 Å². The number of hydrogen-bond donors (Lipinski definition) is 2. The zero-order valence-corrected chi connectivity index (χ0v) is 18.0. The summed E-state index contributed by atoms with van der Waals surface area (Å²) in [7, 11) is 1.35. The summed E-state index contributed by atoms with van der Waals surface area (Å²) in [6.45, 7) is 0. The molecule has 0 fully saturated rings. The van der Waals surface area contributed by atoms with Crippen molar-refractivity contribution in [3.63, 3.8) is 0 Å². The lowest BCUT2D eigenvalue weighted by molar-refractivity contribution is -0.386. The summed E-state index contributed by atoms with van der Waals surface area (Å²) in [5, 5.41) is 24.8. The minimum absolute atomic E-state index is 0.0318. The molecule has 2 aliphatic rings. The quantitative estimate of drug-likeness (QED) is 0.223. The molecule has 0 unspecified atom stereocenters. The molecule has 33 heavy (non-hydrogen) atoms. The third-order valence-electron chi connectivity index (χ3n) is 6.38. The van der Waals surface area contributed by atoms with Gasteiger partial charge in [-0.2, -0.15) is 0 Å². The molecular weight excluding hydrogens is 418 g/mol. The van der Waals surface area contributed by atoms with Crippen LogP contribution in [0.15, 0.2) is 77.8 Å². The molecule has 5 rings (SSSR count). The molecule has 3 aromatic rings. The molecule has 7 nitrogen and oxygen atoms in total. The van der Waals surface area contributed by atoms with Gasteiger partial charge in [0.2, 0.25) is 5.75 Å². The van der Waals surface area contributed by atoms with Crippen LogP contribution >= 0.6 is 0 Å². The van der Waals surface area contributed by atoms with Gasteiger partial charge in [0.05, 0.1) is 23.8 Å². The van der Waals surface area contributed by atoms with E-state index in [0.29, 0.717) is 17.4 Å². The number of rotatable bonds is 5. The number of nitro benzene ring substituents is 1. The largest absolute Gasteiger partial charge is 0.500 e. The van der Waals surface area contributed by atoms with Crippen LogP contribution in [0.2, 0.25) is 0 Å². The van der Waals surface area contributed by atoms with E-state index in [2.05, 4.69) is 58.9 Å². The van der Waals surface area contributed by atoms with Gasteiger partial charge in [-0.05, 0) is 47.7 Å². The Hall–Kier alpha value is -4.13. The Balaban J connectivity index is 1.38. The fourth-order valence-electron chi connectivity index (χ4n) is 4.77. The first-order valence-electron chi connectivity index (χ1n) is 10.8. The fraction of sp³-hybridized carbons (Fsp3) is 0.192. The first kappa shape index (κ1) is 20.8. The average Bonchev–Trinajstić information content (AvgIpc) is 3.33. The number of benzene rings is 3. The maximum Gasteiger partial charge on any atom is 0.315 e. The Morgan fingerprint density at radius 2 is 1.97 bits per heavy atom. The van der Waals surface area contributed by atoms with Gasteiger partial charge in [-0.25, -0.2) is 0 Å². The topological polar surface area (TPSA) is 97.0 Å². The van der Waals surface area contributed by atoms with Crippen LogP contribution in [0.4, 0.5) is 17.1 Å². The number of ether oxygens (including phenoxy) is 1. The predicted molar refractivity (Wildman–Crippen MR) is 128 cm³/mol. The Kier molecular flexibility index (Phi) is 5.30. The molecule has 0 saturated carbocycles. The smallest absolute Gasteiger partial charge is 0.315 e. The summed E-state index contributed by atoms with van der Waals surface area (Å²) in [5.74, 6) is 0.430. The van der Waals surface area contributed by atoms with Gasteiger partial charge < -0.3 is 15.2 Å². The van der Waals surface area contributed by atoms with Gasteiger partial charge in [-0.1, -0.05) is 42.5 Å². The maximum atomic E-state index is 11.2. The molecule has 0 amide bonds. The average molecular weight is 441 g/mol. The second kappa shape index (κ2) is 8.43. The molecule has 7 heteroatoms. The molecule has 166 valence electrons. The zero-order chi connectivity index (χ0) is 22.9. The molecule has 2 N–H and O–H groups in total. The van der Waals surface area contributed by atoms with Gasteiger partial charge in [0.1, 0.15) is 0 Å². The van der Waals surface area contributed by atoms with Gasteiger partial charge in [-0.3, -0.25) is 15.1 Å². The van der Waals surface area contributed by atoms with Crippen molar-refractivity contribution in [1.82, 2.24) is 0 Å². The van der Waals surface area contributed by atoms with Crippen molar-refractivity contribution in [3.8, 4) is 11.5 Å². The number of hydrogen-bond acceptors (Lipinski definition) is 6. The predicted octanol–water partition coefficient (Wildman–Crippen LogP) is 5.89. The molecule has 3 aromatic carbocycles. The minimum atomic E-state index is -0.648. The number of nitrogens with zero attached hydrogens (tertiary/aromatic N) is 2. The van der Waals surface area contributed by atoms with E-state index in [1.54, 1.807) is 0 Å². The summed E-state index contributed by atoms with van der Waals surface area (Å²) < 4.78 is 5.04. The lowest BCUT2D eigenvalue weighted by Crippen LogP contribution is -2.28. The number of aliphatic imine (C=N–C) groups is 1. The fourth-order valence-corrected chi connectivity index (χ4v) is 4.77. The standard InChI is InChI=1S/C26H23N3O4/c1-33-24-14-16(13-23(26(24)30)29(31)32)15-27-18-11-9-17(10-12-18)25-21-7-4-6-19(21)20-5-2-3-8-22(20)28-25/h2-6,8-15,19,21,25,28,30H,7H2,1H3/t19-,21-,25+/m1/s1. The molecule has 0 spiro atoms. The lowest BCUT2D eigenvalue weighted by Gasteiger charge is -2.37. The van der Waals surface area contributed by atoms with Crippen molar-refractivity contribution in [2.24, 2.45) is 10.9 Å². The van der Waals surface area contributed by atoms with E-state index in [1.807, 2.05) is 12.1 Å². The number of methoxy groups -OCH3 is 1. The van der Waals surface area contributed by atoms with Crippen molar-refractivity contribution in [1.29, 1.82) is 0 Å². The van der Waals surface area contributed by atoms with Crippen LogP contribution in [0.25, 0.3) is 0 Å². The van der Waals surface area contributed by atoms with E-state index in [0.717, 1.165) is 12.1 Å². The molecule has 0 radical (unpaired) electrons. The highest BCUT2D eigenvalue weighted by molar-refractivity contribution is 5.85. The van der Waals surface area contributed by atoms with Gasteiger partial charge >= 0.3 is 5.69 Å². The van der Waals surface area contributed by atoms with E-state index < -0.39 is 16.4 Å². The SMILES string of the molecule is COc1cc(C=Nc2ccc([C@@H]3Nc4ccccc4[C@H]4C=CC[C@H]43)cc2)cc([N+](=O)[O-])c1O. The Morgan fingerprint density at radius 3 is 2.73 bits per heavy atom. The van der Waals surface area contributed by atoms with E-state index in [-0.39, 0.29) is 11.8 Å². The number of allylic oxidation sites excluding steroid dienone is 2. The van der Waals surface area contributed by atoms with Gasteiger partial charge in [0.15, 0.2) is 5.75 Å². The Labute approximate surface area is 191 Å². The second-order valence-corrected chi connectivity index (χ2v) is 8.26. The first-order valence-corrected chi connectivity index (χ1v) is 10.8. The number of phenols is 1. The lowest BCUT2D eigenvalue weighted by atomic mass is 9.77. The molecule has 3 atom stereocenters. The monoisotopic (exact) mass is 441 g/mol. The number of phenolic OH excluding ortho intramolecular Hbond substituents is 1. The van der Waals surface area contributed by atoms with Crippen molar-refractivity contribution < 1.29 is 14.8 Å². The van der Waals surface area contributed by atoms with Crippen LogP contribution in [-0.4, -0.2) is 23.4 Å². The second-order valence-electron chi connectivity index (χ2n) is 8.26. The van der Waals surface area contributed by atoms with E-state index in [1.165, 1.54) is 42.3 Å². The number of para-hydroxylation sites is 1. The molecule has 1 aliphatic carbocycles. The van der Waals surface area contributed by atoms with Crippen molar-refractivity contribution in [2.75, 3.05) is 12.4 Å². The number of anilines is 1. The molecule has 0 saturated heterocycles. The summed E-state index contributed by atoms with van der Waals surface area (Å²) in [4.78, 5) is 15.0. The summed E-state index contributed by atoms with van der Waals surface area (Å²) in [6.07, 6.45) is 7.16. The highest BCUT2D eigenvalue weighted by Gasteiger charge is 2.37. The maximum absolute atomic E-state index is 11.2. The van der Waals surface area contributed by atoms with E-state index in [9.17, 15) is 15.2 Å². The van der Waals surface area contributed by atoms with Gasteiger partial charge in [-0.15, -0.1) is 0 Å². The zero-order valence-electron chi connectivity index (χ0n) is 18.0. The van der Waals surface area contributed by atoms with Crippen molar-refractivity contribution in [2.45, 2.75) is 18.4 Å². The van der Waals surface area contributed by atoms with E-state index >= 15 is 0 Å². The van der Waals surface area contributed by atoms with Crippen molar-refractivity contribution in [3.05, 3.63) is 99.6 Å². The molecular formula is C26H23N3O4. The Bertz CT molecular complexity index is 1270. The summed E-state index contributed by atoms with van der Waals surface area (Å²) in [6, 6.07) is 19.5. The highest BCUT2D eigenvalue weighted by Crippen LogP contribution is 2.49. The minimum Gasteiger partial charge on any atom is -0.500 e. The Morgan fingerprint density at radius 1 is 1.18 bits per heavy atom. The molecule has 1 aliphatic heterocycles. The summed E-state index contributed by atoms with van der Waals surface area (Å²) >= 11 is 0. The van der Waals surface area contributed by atoms with Crippen LogP contribution in [0.5, 0.6) is 11.5 Å². The third kappa shape index (κ3) is 3.82. The highest BCUT2D eigenvalue weighted by atomic mass is 16.6. The van der Waals surface area contributed by atoms with Crippen LogP contribution < -0.4 is 10.1 Å². The molecule has 0 aromatic heterocycles. The van der Waals surface area contributed by atoms with Crippen LogP contribution in [0.3, 0.4) is 0 Å². The number of fused-ring (bicyclic) bond motifs is 3.